The summed E-state index contributed by atoms with van der Waals surface area (Å²) < 4.78 is 6.96. The number of ether oxygens (including phenoxy) is 1. The van der Waals surface area contributed by atoms with Gasteiger partial charge in [-0.2, -0.15) is 0 Å². The van der Waals surface area contributed by atoms with Gasteiger partial charge < -0.3 is 4.74 Å². The molecule has 0 saturated heterocycles. The molecule has 0 spiro atoms. The summed E-state index contributed by atoms with van der Waals surface area (Å²) in [5.74, 6) is 1.61. The molecule has 100 valence electrons. The molecule has 0 fully saturated rings. The molecule has 2 aromatic carbocycles. The van der Waals surface area contributed by atoms with Crippen molar-refractivity contribution in [2.45, 2.75) is 5.33 Å². The molecular formula is C16H11Br2NO. The van der Waals surface area contributed by atoms with Gasteiger partial charge in [0, 0.05) is 16.9 Å². The van der Waals surface area contributed by atoms with Crippen LogP contribution in [-0.4, -0.2) is 4.98 Å². The lowest BCUT2D eigenvalue weighted by Gasteiger charge is -2.10. The number of rotatable bonds is 3. The van der Waals surface area contributed by atoms with E-state index in [1.165, 1.54) is 5.56 Å². The lowest BCUT2D eigenvalue weighted by atomic mass is 10.2. The fourth-order valence-corrected chi connectivity index (χ4v) is 2.85. The summed E-state index contributed by atoms with van der Waals surface area (Å²) in [5.41, 5.74) is 2.13. The van der Waals surface area contributed by atoms with E-state index in [0.29, 0.717) is 0 Å². The third-order valence-electron chi connectivity index (χ3n) is 2.98. The third-order valence-corrected chi connectivity index (χ3v) is 4.24. The second-order valence-electron chi connectivity index (χ2n) is 4.33. The molecule has 1 aromatic heterocycles. The van der Waals surface area contributed by atoms with Gasteiger partial charge in [0.2, 0.25) is 0 Å². The van der Waals surface area contributed by atoms with Crippen molar-refractivity contribution in [3.05, 3.63) is 64.8 Å². The summed E-state index contributed by atoms with van der Waals surface area (Å²) in [7, 11) is 0. The predicted molar refractivity (Wildman–Crippen MR) is 88.6 cm³/mol. The smallest absolute Gasteiger partial charge is 0.141 e. The predicted octanol–water partition coefficient (Wildman–Crippen LogP) is 5.68. The number of nitrogens with zero attached hydrogens (tertiary/aromatic N) is 1. The molecule has 2 nitrogen and oxygen atoms in total. The maximum Gasteiger partial charge on any atom is 0.141 e. The molecule has 1 heterocycles. The Balaban J connectivity index is 2.01. The van der Waals surface area contributed by atoms with Gasteiger partial charge >= 0.3 is 0 Å². The van der Waals surface area contributed by atoms with Crippen LogP contribution in [0.25, 0.3) is 10.9 Å². The largest absolute Gasteiger partial charge is 0.455 e. The molecular weight excluding hydrogens is 382 g/mol. The lowest BCUT2D eigenvalue weighted by Crippen LogP contribution is -1.89. The highest BCUT2D eigenvalue weighted by Gasteiger charge is 2.07. The van der Waals surface area contributed by atoms with E-state index in [9.17, 15) is 0 Å². The van der Waals surface area contributed by atoms with Crippen LogP contribution in [0.5, 0.6) is 11.5 Å². The van der Waals surface area contributed by atoms with Crippen LogP contribution in [0.3, 0.4) is 0 Å². The van der Waals surface area contributed by atoms with Crippen LogP contribution in [0, 0.1) is 0 Å². The zero-order chi connectivity index (χ0) is 13.9. The van der Waals surface area contributed by atoms with Crippen molar-refractivity contribution in [1.29, 1.82) is 0 Å². The number of fused-ring (bicyclic) bond motifs is 1. The number of benzene rings is 2. The summed E-state index contributed by atoms with van der Waals surface area (Å²) in [5, 5.41) is 1.83. The monoisotopic (exact) mass is 391 g/mol. The van der Waals surface area contributed by atoms with Gasteiger partial charge in [0.05, 0.1) is 9.99 Å². The summed E-state index contributed by atoms with van der Waals surface area (Å²) in [6.45, 7) is 0. The Labute approximate surface area is 134 Å². The molecule has 0 amide bonds. The van der Waals surface area contributed by atoms with E-state index < -0.39 is 0 Å². The summed E-state index contributed by atoms with van der Waals surface area (Å²) in [4.78, 5) is 4.34. The van der Waals surface area contributed by atoms with Crippen LogP contribution in [0.15, 0.2) is 59.2 Å². The van der Waals surface area contributed by atoms with Gasteiger partial charge in [0.25, 0.3) is 0 Å². The van der Waals surface area contributed by atoms with Crippen LogP contribution < -0.4 is 4.74 Å². The maximum absolute atomic E-state index is 6.02. The standard InChI is InChI=1S/C16H11Br2NO/c17-10-11-6-7-16(13(18)9-11)20-15-5-1-4-14-12(15)3-2-8-19-14/h1-9H,10H2. The minimum Gasteiger partial charge on any atom is -0.455 e. The second-order valence-corrected chi connectivity index (χ2v) is 5.74. The Morgan fingerprint density at radius 3 is 2.70 bits per heavy atom. The Morgan fingerprint density at radius 2 is 1.90 bits per heavy atom. The van der Waals surface area contributed by atoms with Crippen molar-refractivity contribution in [3.8, 4) is 11.5 Å². The molecule has 0 unspecified atom stereocenters. The number of hydrogen-bond donors (Lipinski definition) is 0. The summed E-state index contributed by atoms with van der Waals surface area (Å²) >= 11 is 6.99. The summed E-state index contributed by atoms with van der Waals surface area (Å²) in [6, 6.07) is 15.9. The molecule has 3 aromatic rings. The topological polar surface area (TPSA) is 22.1 Å². The van der Waals surface area contributed by atoms with Crippen LogP contribution in [-0.2, 0) is 5.33 Å². The third kappa shape index (κ3) is 2.72. The first kappa shape index (κ1) is 13.6. The molecule has 0 saturated carbocycles. The van der Waals surface area contributed by atoms with Gasteiger partial charge in [0.15, 0.2) is 0 Å². The van der Waals surface area contributed by atoms with Crippen LogP contribution in [0.1, 0.15) is 5.56 Å². The van der Waals surface area contributed by atoms with Crippen LogP contribution >= 0.6 is 31.9 Å². The summed E-state index contributed by atoms with van der Waals surface area (Å²) in [6.07, 6.45) is 1.78. The molecule has 3 rings (SSSR count). The van der Waals surface area contributed by atoms with Gasteiger partial charge in [-0.25, -0.2) is 0 Å². The molecule has 0 bridgehead atoms. The van der Waals surface area contributed by atoms with E-state index in [-0.39, 0.29) is 0 Å². The van der Waals surface area contributed by atoms with Gasteiger partial charge in [-0.3, -0.25) is 4.98 Å². The SMILES string of the molecule is BrCc1ccc(Oc2cccc3ncccc23)c(Br)c1. The highest BCUT2D eigenvalue weighted by atomic mass is 79.9. The number of alkyl halides is 1. The maximum atomic E-state index is 6.02. The molecule has 0 N–H and O–H groups in total. The van der Waals surface area contributed by atoms with Gasteiger partial charge in [0.1, 0.15) is 11.5 Å². The van der Waals surface area contributed by atoms with E-state index in [4.69, 9.17) is 4.74 Å². The first-order valence-electron chi connectivity index (χ1n) is 6.14. The zero-order valence-electron chi connectivity index (χ0n) is 10.5. The van der Waals surface area contributed by atoms with Gasteiger partial charge in [-0.05, 0) is 57.9 Å². The van der Waals surface area contributed by atoms with Crippen molar-refractivity contribution < 1.29 is 4.74 Å². The van der Waals surface area contributed by atoms with E-state index >= 15 is 0 Å². The molecule has 4 heteroatoms. The minimum absolute atomic E-state index is 0.797. The average Bonchev–Trinajstić information content (AvgIpc) is 2.49. The Kier molecular flexibility index (Phi) is 4.03. The van der Waals surface area contributed by atoms with E-state index in [1.54, 1.807) is 6.20 Å². The van der Waals surface area contributed by atoms with Gasteiger partial charge in [-0.15, -0.1) is 0 Å². The number of pyridine rings is 1. The van der Waals surface area contributed by atoms with Gasteiger partial charge in [-0.1, -0.05) is 28.1 Å². The van der Waals surface area contributed by atoms with Crippen molar-refractivity contribution in [3.63, 3.8) is 0 Å². The minimum atomic E-state index is 0.797. The van der Waals surface area contributed by atoms with Crippen LogP contribution in [0.2, 0.25) is 0 Å². The molecule has 0 aliphatic heterocycles. The quantitative estimate of drug-likeness (QED) is 0.534. The molecule has 0 aliphatic rings. The fraction of sp³-hybridized carbons (Fsp3) is 0.0625. The highest BCUT2D eigenvalue weighted by Crippen LogP contribution is 2.34. The second kappa shape index (κ2) is 5.94. The Hall–Kier alpha value is -1.39. The average molecular weight is 393 g/mol. The van der Waals surface area contributed by atoms with E-state index in [2.05, 4.69) is 36.8 Å². The first-order valence-corrected chi connectivity index (χ1v) is 8.05. The Morgan fingerprint density at radius 1 is 1.00 bits per heavy atom. The molecule has 0 radical (unpaired) electrons. The highest BCUT2D eigenvalue weighted by molar-refractivity contribution is 9.10. The lowest BCUT2D eigenvalue weighted by molar-refractivity contribution is 0.485. The number of aromatic nitrogens is 1. The van der Waals surface area contributed by atoms with E-state index in [0.717, 1.165) is 32.2 Å². The Bertz CT molecular complexity index is 753. The fourth-order valence-electron chi connectivity index (χ4n) is 1.99. The molecule has 20 heavy (non-hydrogen) atoms. The van der Waals surface area contributed by atoms with Crippen molar-refractivity contribution in [2.75, 3.05) is 0 Å². The van der Waals surface area contributed by atoms with Crippen molar-refractivity contribution >= 4 is 42.8 Å². The number of hydrogen-bond acceptors (Lipinski definition) is 2. The first-order chi connectivity index (χ1) is 9.78. The molecule has 0 aliphatic carbocycles. The molecule has 0 atom stereocenters. The number of halogens is 2. The zero-order valence-corrected chi connectivity index (χ0v) is 13.7. The van der Waals surface area contributed by atoms with Crippen molar-refractivity contribution in [2.24, 2.45) is 0 Å². The van der Waals surface area contributed by atoms with Crippen molar-refractivity contribution in [1.82, 2.24) is 4.98 Å². The van der Waals surface area contributed by atoms with E-state index in [1.807, 2.05) is 48.5 Å². The van der Waals surface area contributed by atoms with Crippen LogP contribution in [0.4, 0.5) is 0 Å². The normalized spacial score (nSPS) is 10.7.